The molecule has 0 radical (unpaired) electrons. The SMILES string of the molecule is CN1CCc2cc([C@H](CNS(=O)(=O)Cc3ccccc3)N(C)C)ccc21. The monoisotopic (exact) mass is 373 g/mol. The molecule has 0 aliphatic carbocycles. The Morgan fingerprint density at radius 1 is 1.15 bits per heavy atom. The zero-order chi connectivity index (χ0) is 18.7. The van der Waals surface area contributed by atoms with Crippen LogP contribution in [0, 0.1) is 0 Å². The van der Waals surface area contributed by atoms with Gasteiger partial charge < -0.3 is 9.80 Å². The summed E-state index contributed by atoms with van der Waals surface area (Å²) in [5, 5.41) is 0. The second-order valence-electron chi connectivity index (χ2n) is 7.13. The maximum Gasteiger partial charge on any atom is 0.215 e. The number of benzene rings is 2. The highest BCUT2D eigenvalue weighted by molar-refractivity contribution is 7.88. The summed E-state index contributed by atoms with van der Waals surface area (Å²) in [4.78, 5) is 4.32. The number of likely N-dealkylation sites (N-methyl/N-ethyl adjacent to an activating group) is 2. The largest absolute Gasteiger partial charge is 0.374 e. The van der Waals surface area contributed by atoms with E-state index in [9.17, 15) is 8.42 Å². The second-order valence-corrected chi connectivity index (χ2v) is 8.94. The van der Waals surface area contributed by atoms with Crippen LogP contribution in [0.3, 0.4) is 0 Å². The molecule has 1 aliphatic heterocycles. The first-order chi connectivity index (χ1) is 12.4. The van der Waals surface area contributed by atoms with Crippen molar-refractivity contribution in [3.63, 3.8) is 0 Å². The summed E-state index contributed by atoms with van der Waals surface area (Å²) in [5.74, 6) is 0.00295. The summed E-state index contributed by atoms with van der Waals surface area (Å²) in [6.07, 6.45) is 1.04. The highest BCUT2D eigenvalue weighted by Crippen LogP contribution is 2.30. The topological polar surface area (TPSA) is 52.7 Å². The molecule has 3 rings (SSSR count). The third kappa shape index (κ3) is 4.44. The zero-order valence-electron chi connectivity index (χ0n) is 15.6. The fraction of sp³-hybridized carbons (Fsp3) is 0.400. The number of nitrogens with one attached hydrogen (secondary N) is 1. The van der Waals surface area contributed by atoms with Gasteiger partial charge in [0.15, 0.2) is 0 Å². The minimum absolute atomic E-state index is 0.00295. The van der Waals surface area contributed by atoms with Gasteiger partial charge in [0.05, 0.1) is 5.75 Å². The van der Waals surface area contributed by atoms with Gasteiger partial charge in [0, 0.05) is 31.9 Å². The van der Waals surface area contributed by atoms with E-state index in [0.717, 1.165) is 24.1 Å². The quantitative estimate of drug-likeness (QED) is 0.810. The maximum atomic E-state index is 12.5. The fourth-order valence-electron chi connectivity index (χ4n) is 3.44. The summed E-state index contributed by atoms with van der Waals surface area (Å²) in [6.45, 7) is 1.39. The minimum Gasteiger partial charge on any atom is -0.374 e. The Balaban J connectivity index is 1.71. The number of anilines is 1. The highest BCUT2D eigenvalue weighted by Gasteiger charge is 2.22. The first-order valence-corrected chi connectivity index (χ1v) is 10.5. The molecule has 2 aromatic carbocycles. The summed E-state index contributed by atoms with van der Waals surface area (Å²) < 4.78 is 27.7. The van der Waals surface area contributed by atoms with Crippen LogP contribution in [-0.2, 0) is 22.2 Å². The Hall–Kier alpha value is -1.89. The van der Waals surface area contributed by atoms with Crippen LogP contribution in [0.4, 0.5) is 5.69 Å². The molecule has 1 atom stereocenters. The average Bonchev–Trinajstić information content (AvgIpc) is 2.96. The number of rotatable bonds is 7. The van der Waals surface area contributed by atoms with Crippen LogP contribution in [0.2, 0.25) is 0 Å². The number of hydrogen-bond acceptors (Lipinski definition) is 4. The molecule has 2 aromatic rings. The van der Waals surface area contributed by atoms with Gasteiger partial charge in [0.2, 0.25) is 10.0 Å². The molecule has 140 valence electrons. The molecule has 0 fully saturated rings. The molecular weight excluding hydrogens is 346 g/mol. The molecule has 5 nitrogen and oxygen atoms in total. The van der Waals surface area contributed by atoms with E-state index in [1.54, 1.807) is 0 Å². The lowest BCUT2D eigenvalue weighted by molar-refractivity contribution is 0.299. The Bertz CT molecular complexity index is 851. The van der Waals surface area contributed by atoms with E-state index in [0.29, 0.717) is 6.54 Å². The molecule has 26 heavy (non-hydrogen) atoms. The van der Waals surface area contributed by atoms with Crippen molar-refractivity contribution in [3.05, 3.63) is 65.2 Å². The van der Waals surface area contributed by atoms with Crippen molar-refractivity contribution >= 4 is 15.7 Å². The first-order valence-electron chi connectivity index (χ1n) is 8.87. The second kappa shape index (κ2) is 7.78. The molecule has 0 saturated carbocycles. The third-order valence-electron chi connectivity index (χ3n) is 4.94. The smallest absolute Gasteiger partial charge is 0.215 e. The highest BCUT2D eigenvalue weighted by atomic mass is 32.2. The van der Waals surface area contributed by atoms with E-state index in [4.69, 9.17) is 0 Å². The number of fused-ring (bicyclic) bond motifs is 1. The molecule has 0 spiro atoms. The lowest BCUT2D eigenvalue weighted by atomic mass is 10.0. The minimum atomic E-state index is -3.38. The normalized spacial score (nSPS) is 15.3. The van der Waals surface area contributed by atoms with Crippen LogP contribution in [0.15, 0.2) is 48.5 Å². The van der Waals surface area contributed by atoms with Crippen LogP contribution in [0.25, 0.3) is 0 Å². The molecule has 0 bridgehead atoms. The van der Waals surface area contributed by atoms with Crippen molar-refractivity contribution in [1.29, 1.82) is 0 Å². The van der Waals surface area contributed by atoms with Crippen LogP contribution in [0.1, 0.15) is 22.7 Å². The predicted molar refractivity (Wildman–Crippen MR) is 107 cm³/mol. The molecule has 1 heterocycles. The number of sulfonamides is 1. The zero-order valence-corrected chi connectivity index (χ0v) is 16.5. The van der Waals surface area contributed by atoms with Crippen molar-refractivity contribution in [3.8, 4) is 0 Å². The van der Waals surface area contributed by atoms with E-state index in [2.05, 4.69) is 39.8 Å². The number of nitrogens with zero attached hydrogens (tertiary/aromatic N) is 2. The lowest BCUT2D eigenvalue weighted by Gasteiger charge is -2.26. The molecule has 1 aliphatic rings. The van der Waals surface area contributed by atoms with Crippen molar-refractivity contribution < 1.29 is 8.42 Å². The molecule has 1 N–H and O–H groups in total. The van der Waals surface area contributed by atoms with Gasteiger partial charge in [-0.2, -0.15) is 0 Å². The van der Waals surface area contributed by atoms with Crippen LogP contribution < -0.4 is 9.62 Å². The van der Waals surface area contributed by atoms with Gasteiger partial charge in [-0.25, -0.2) is 13.1 Å². The van der Waals surface area contributed by atoms with E-state index < -0.39 is 10.0 Å². The molecule has 0 aromatic heterocycles. The lowest BCUT2D eigenvalue weighted by Crippen LogP contribution is -2.35. The van der Waals surface area contributed by atoms with E-state index in [-0.39, 0.29) is 11.8 Å². The standard InChI is InChI=1S/C20H27N3O2S/c1-22(2)20(17-9-10-19-18(13-17)11-12-23(19)3)14-21-26(24,25)15-16-7-5-4-6-8-16/h4-10,13,20-21H,11-12,14-15H2,1-3H3/t20-/m0/s1. The Labute approximate surface area is 156 Å². The van der Waals surface area contributed by atoms with Crippen molar-refractivity contribution in [2.45, 2.75) is 18.2 Å². The molecule has 0 amide bonds. The summed E-state index contributed by atoms with van der Waals surface area (Å²) in [5.41, 5.74) is 4.55. The van der Waals surface area contributed by atoms with E-state index >= 15 is 0 Å². The molecular formula is C20H27N3O2S. The predicted octanol–water partition coefficient (Wildman–Crippen LogP) is 2.40. The summed E-state index contributed by atoms with van der Waals surface area (Å²) >= 11 is 0. The van der Waals surface area contributed by atoms with Crippen LogP contribution in [-0.4, -0.2) is 47.6 Å². The average molecular weight is 374 g/mol. The Morgan fingerprint density at radius 3 is 2.58 bits per heavy atom. The van der Waals surface area contributed by atoms with Crippen molar-refractivity contribution in [2.75, 3.05) is 39.1 Å². The van der Waals surface area contributed by atoms with Crippen LogP contribution in [0.5, 0.6) is 0 Å². The molecule has 0 unspecified atom stereocenters. The van der Waals surface area contributed by atoms with Gasteiger partial charge in [-0.3, -0.25) is 0 Å². The summed E-state index contributed by atoms with van der Waals surface area (Å²) in [7, 11) is 2.69. The van der Waals surface area contributed by atoms with Gasteiger partial charge in [0.25, 0.3) is 0 Å². The van der Waals surface area contributed by atoms with Crippen molar-refractivity contribution in [1.82, 2.24) is 9.62 Å². The fourth-order valence-corrected chi connectivity index (χ4v) is 4.59. The van der Waals surface area contributed by atoms with Gasteiger partial charge in [0.1, 0.15) is 0 Å². The Morgan fingerprint density at radius 2 is 1.88 bits per heavy atom. The number of hydrogen-bond donors (Lipinski definition) is 1. The summed E-state index contributed by atoms with van der Waals surface area (Å²) in [6, 6.07) is 15.7. The third-order valence-corrected chi connectivity index (χ3v) is 6.26. The first kappa shape index (κ1) is 18.9. The Kier molecular flexibility index (Phi) is 5.65. The van der Waals surface area contributed by atoms with Gasteiger partial charge >= 0.3 is 0 Å². The molecule has 0 saturated heterocycles. The van der Waals surface area contributed by atoms with E-state index in [1.807, 2.05) is 44.4 Å². The van der Waals surface area contributed by atoms with Gasteiger partial charge in [-0.05, 0) is 43.3 Å². The van der Waals surface area contributed by atoms with E-state index in [1.165, 1.54) is 11.3 Å². The van der Waals surface area contributed by atoms with Gasteiger partial charge in [-0.15, -0.1) is 0 Å². The van der Waals surface area contributed by atoms with Gasteiger partial charge in [-0.1, -0.05) is 42.5 Å². The molecule has 6 heteroatoms. The van der Waals surface area contributed by atoms with Crippen LogP contribution >= 0.6 is 0 Å². The maximum absolute atomic E-state index is 12.5. The van der Waals surface area contributed by atoms with Crippen molar-refractivity contribution in [2.24, 2.45) is 0 Å².